The van der Waals surface area contributed by atoms with Crippen molar-refractivity contribution < 1.29 is 19.0 Å². The van der Waals surface area contributed by atoms with Crippen molar-refractivity contribution in [2.45, 2.75) is 19.6 Å². The fourth-order valence-corrected chi connectivity index (χ4v) is 1.79. The number of rotatable bonds is 9. The van der Waals surface area contributed by atoms with Gasteiger partial charge in [0.15, 0.2) is 17.6 Å². The molecule has 1 aromatic carbocycles. The van der Waals surface area contributed by atoms with E-state index in [0.717, 1.165) is 12.1 Å². The molecule has 0 radical (unpaired) electrons. The number of amides is 1. The topological polar surface area (TPSA) is 68.8 Å². The van der Waals surface area contributed by atoms with Gasteiger partial charge in [0.2, 0.25) is 0 Å². The van der Waals surface area contributed by atoms with Crippen molar-refractivity contribution in [1.29, 1.82) is 0 Å². The molecule has 6 heteroatoms. The van der Waals surface area contributed by atoms with Crippen LogP contribution in [0.25, 0.3) is 0 Å². The van der Waals surface area contributed by atoms with Crippen LogP contribution >= 0.6 is 0 Å². The largest absolute Gasteiger partial charge is 0.493 e. The van der Waals surface area contributed by atoms with Crippen LogP contribution in [0.5, 0.6) is 11.5 Å². The van der Waals surface area contributed by atoms with Crippen LogP contribution in [0.1, 0.15) is 12.5 Å². The molecule has 0 fully saturated rings. The molecule has 1 rings (SSSR count). The molecule has 0 heterocycles. The van der Waals surface area contributed by atoms with E-state index < -0.39 is 6.10 Å². The number of hydrogen-bond acceptors (Lipinski definition) is 5. The first kappa shape index (κ1) is 17.3. The summed E-state index contributed by atoms with van der Waals surface area (Å²) in [6.45, 7) is 3.37. The van der Waals surface area contributed by atoms with Gasteiger partial charge in [0.05, 0.1) is 13.7 Å². The van der Waals surface area contributed by atoms with Gasteiger partial charge in [0.1, 0.15) is 0 Å². The van der Waals surface area contributed by atoms with Crippen molar-refractivity contribution in [2.75, 3.05) is 34.4 Å². The molecule has 0 aliphatic heterocycles. The first-order valence-corrected chi connectivity index (χ1v) is 6.87. The summed E-state index contributed by atoms with van der Waals surface area (Å²) in [6.07, 6.45) is -0.606. The molecule has 1 unspecified atom stereocenters. The van der Waals surface area contributed by atoms with E-state index in [0.29, 0.717) is 24.7 Å². The van der Waals surface area contributed by atoms with Crippen molar-refractivity contribution in [3.63, 3.8) is 0 Å². The Balaban J connectivity index is 2.66. The molecule has 0 saturated heterocycles. The van der Waals surface area contributed by atoms with E-state index in [4.69, 9.17) is 14.2 Å². The summed E-state index contributed by atoms with van der Waals surface area (Å²) in [5.41, 5.74) is 1.08. The highest BCUT2D eigenvalue weighted by atomic mass is 16.5. The van der Waals surface area contributed by atoms with Crippen LogP contribution in [-0.4, -0.2) is 46.4 Å². The van der Waals surface area contributed by atoms with Crippen molar-refractivity contribution in [1.82, 2.24) is 10.6 Å². The molecule has 1 amide bonds. The first-order valence-electron chi connectivity index (χ1n) is 6.87. The van der Waals surface area contributed by atoms with Crippen LogP contribution in [0.15, 0.2) is 18.2 Å². The highest BCUT2D eigenvalue weighted by Crippen LogP contribution is 2.28. The van der Waals surface area contributed by atoms with E-state index in [9.17, 15) is 4.79 Å². The summed E-state index contributed by atoms with van der Waals surface area (Å²) in [7, 11) is 5.04. The Morgan fingerprint density at radius 1 is 1.29 bits per heavy atom. The highest BCUT2D eigenvalue weighted by molar-refractivity contribution is 5.80. The van der Waals surface area contributed by atoms with Crippen LogP contribution in [0.2, 0.25) is 0 Å². The maximum absolute atomic E-state index is 11.8. The zero-order valence-electron chi connectivity index (χ0n) is 13.1. The zero-order valence-corrected chi connectivity index (χ0v) is 13.1. The van der Waals surface area contributed by atoms with Gasteiger partial charge in [-0.15, -0.1) is 0 Å². The molecule has 0 bridgehead atoms. The van der Waals surface area contributed by atoms with Crippen LogP contribution in [0, 0.1) is 0 Å². The standard InChI is InChI=1S/C15H24N2O4/c1-11(15(18)17-7-8-19-3)21-13-6-5-12(10-16-2)9-14(13)20-4/h5-6,9,11,16H,7-8,10H2,1-4H3,(H,17,18). The van der Waals surface area contributed by atoms with E-state index in [-0.39, 0.29) is 5.91 Å². The Morgan fingerprint density at radius 2 is 2.05 bits per heavy atom. The molecule has 0 aromatic heterocycles. The van der Waals surface area contributed by atoms with E-state index in [2.05, 4.69) is 10.6 Å². The lowest BCUT2D eigenvalue weighted by molar-refractivity contribution is -0.127. The first-order chi connectivity index (χ1) is 10.1. The lowest BCUT2D eigenvalue weighted by Crippen LogP contribution is -2.38. The normalized spacial score (nSPS) is 11.8. The van der Waals surface area contributed by atoms with Crippen molar-refractivity contribution >= 4 is 5.91 Å². The van der Waals surface area contributed by atoms with Gasteiger partial charge < -0.3 is 24.8 Å². The Hall–Kier alpha value is -1.79. The molecule has 0 saturated carbocycles. The second-order valence-corrected chi connectivity index (χ2v) is 4.56. The van der Waals surface area contributed by atoms with Gasteiger partial charge in [-0.05, 0) is 31.7 Å². The average Bonchev–Trinajstić information content (AvgIpc) is 2.49. The number of carbonyl (C=O) groups is 1. The second-order valence-electron chi connectivity index (χ2n) is 4.56. The lowest BCUT2D eigenvalue weighted by Gasteiger charge is -2.17. The molecule has 21 heavy (non-hydrogen) atoms. The van der Waals surface area contributed by atoms with Gasteiger partial charge >= 0.3 is 0 Å². The fraction of sp³-hybridized carbons (Fsp3) is 0.533. The number of ether oxygens (including phenoxy) is 3. The molecule has 2 N–H and O–H groups in total. The summed E-state index contributed by atoms with van der Waals surface area (Å²) in [4.78, 5) is 11.8. The van der Waals surface area contributed by atoms with Crippen molar-refractivity contribution in [3.8, 4) is 11.5 Å². The third kappa shape index (κ3) is 5.61. The van der Waals surface area contributed by atoms with E-state index >= 15 is 0 Å². The molecule has 1 atom stereocenters. The molecule has 118 valence electrons. The maximum atomic E-state index is 11.8. The Labute approximate surface area is 125 Å². The minimum Gasteiger partial charge on any atom is -0.493 e. The summed E-state index contributed by atoms with van der Waals surface area (Å²) in [5.74, 6) is 0.972. The van der Waals surface area contributed by atoms with Crippen LogP contribution in [0.4, 0.5) is 0 Å². The van der Waals surface area contributed by atoms with Gasteiger partial charge in [0, 0.05) is 20.2 Å². The third-order valence-corrected chi connectivity index (χ3v) is 2.89. The van der Waals surface area contributed by atoms with Gasteiger partial charge in [-0.3, -0.25) is 4.79 Å². The molecule has 0 aliphatic rings. The van der Waals surface area contributed by atoms with Gasteiger partial charge in [-0.2, -0.15) is 0 Å². The summed E-state index contributed by atoms with van der Waals surface area (Å²) < 4.78 is 15.9. The average molecular weight is 296 g/mol. The summed E-state index contributed by atoms with van der Waals surface area (Å²) in [5, 5.41) is 5.80. The van der Waals surface area contributed by atoms with Crippen LogP contribution in [0.3, 0.4) is 0 Å². The van der Waals surface area contributed by atoms with Gasteiger partial charge in [-0.1, -0.05) is 6.07 Å². The van der Waals surface area contributed by atoms with Crippen LogP contribution < -0.4 is 20.1 Å². The number of carbonyl (C=O) groups excluding carboxylic acids is 1. The van der Waals surface area contributed by atoms with E-state index in [1.54, 1.807) is 21.1 Å². The Morgan fingerprint density at radius 3 is 2.67 bits per heavy atom. The smallest absolute Gasteiger partial charge is 0.260 e. The van der Waals surface area contributed by atoms with Crippen LogP contribution in [-0.2, 0) is 16.1 Å². The van der Waals surface area contributed by atoms with E-state index in [1.165, 1.54) is 0 Å². The number of hydrogen-bond donors (Lipinski definition) is 2. The number of benzene rings is 1. The predicted molar refractivity (Wildman–Crippen MR) is 80.7 cm³/mol. The van der Waals surface area contributed by atoms with Crippen molar-refractivity contribution in [3.05, 3.63) is 23.8 Å². The minimum absolute atomic E-state index is 0.187. The van der Waals surface area contributed by atoms with Gasteiger partial charge in [0.25, 0.3) is 5.91 Å². The lowest BCUT2D eigenvalue weighted by atomic mass is 10.2. The molecule has 0 spiro atoms. The molecule has 6 nitrogen and oxygen atoms in total. The number of nitrogens with one attached hydrogen (secondary N) is 2. The summed E-state index contributed by atoms with van der Waals surface area (Å²) in [6, 6.07) is 5.63. The summed E-state index contributed by atoms with van der Waals surface area (Å²) >= 11 is 0. The maximum Gasteiger partial charge on any atom is 0.260 e. The highest BCUT2D eigenvalue weighted by Gasteiger charge is 2.16. The molecule has 1 aromatic rings. The minimum atomic E-state index is -0.606. The molecule has 0 aliphatic carbocycles. The quantitative estimate of drug-likeness (QED) is 0.664. The number of methoxy groups -OCH3 is 2. The monoisotopic (exact) mass is 296 g/mol. The predicted octanol–water partition coefficient (Wildman–Crippen LogP) is 0.945. The zero-order chi connectivity index (χ0) is 15.7. The molecular formula is C15H24N2O4. The molecular weight excluding hydrogens is 272 g/mol. The van der Waals surface area contributed by atoms with Crippen molar-refractivity contribution in [2.24, 2.45) is 0 Å². The van der Waals surface area contributed by atoms with E-state index in [1.807, 2.05) is 25.2 Å². The Bertz CT molecular complexity index is 451. The second kappa shape index (κ2) is 9.20. The Kier molecular flexibility index (Phi) is 7.56. The van der Waals surface area contributed by atoms with Gasteiger partial charge in [-0.25, -0.2) is 0 Å². The SMILES string of the molecule is CNCc1ccc(OC(C)C(=O)NCCOC)c(OC)c1. The third-order valence-electron chi connectivity index (χ3n) is 2.89. The fourth-order valence-electron chi connectivity index (χ4n) is 1.79.